The standard InChI is InChI=1S/C24H31N3O2/c1-26-14-11-19-15-18(9-10-22(19)26)23(27-12-4-3-5-13-27)17-25-24(28)20-7-6-8-21(16-20)29-2/h6-10,15-16,23H,3-5,11-14,17H2,1-2H3,(H,25,28)/t23-/m1/s1. The summed E-state index contributed by atoms with van der Waals surface area (Å²) in [4.78, 5) is 17.6. The molecule has 5 heteroatoms. The van der Waals surface area contributed by atoms with Gasteiger partial charge in [0.15, 0.2) is 0 Å². The van der Waals surface area contributed by atoms with Gasteiger partial charge in [0.2, 0.25) is 0 Å². The number of anilines is 1. The lowest BCUT2D eigenvalue weighted by molar-refractivity contribution is 0.0924. The van der Waals surface area contributed by atoms with Gasteiger partial charge in [0.1, 0.15) is 5.75 Å². The quantitative estimate of drug-likeness (QED) is 0.814. The molecule has 1 amide bonds. The van der Waals surface area contributed by atoms with Gasteiger partial charge in [-0.1, -0.05) is 24.6 Å². The summed E-state index contributed by atoms with van der Waals surface area (Å²) in [6.45, 7) is 3.89. The van der Waals surface area contributed by atoms with Crippen molar-refractivity contribution in [3.8, 4) is 5.75 Å². The van der Waals surface area contributed by atoms with Gasteiger partial charge < -0.3 is 15.0 Å². The number of fused-ring (bicyclic) bond motifs is 1. The first-order valence-electron chi connectivity index (χ1n) is 10.7. The normalized spacial score (nSPS) is 17.7. The zero-order valence-electron chi connectivity index (χ0n) is 17.5. The molecule has 1 saturated heterocycles. The summed E-state index contributed by atoms with van der Waals surface area (Å²) >= 11 is 0. The molecule has 1 N–H and O–H groups in total. The second-order valence-electron chi connectivity index (χ2n) is 8.11. The van der Waals surface area contributed by atoms with Crippen molar-refractivity contribution in [2.75, 3.05) is 45.2 Å². The van der Waals surface area contributed by atoms with Crippen molar-refractivity contribution < 1.29 is 9.53 Å². The second kappa shape index (κ2) is 8.87. The number of amides is 1. The molecule has 2 heterocycles. The molecule has 0 bridgehead atoms. The molecule has 0 saturated carbocycles. The number of ether oxygens (including phenoxy) is 1. The zero-order valence-corrected chi connectivity index (χ0v) is 17.5. The van der Waals surface area contributed by atoms with Crippen LogP contribution in [0, 0.1) is 0 Å². The molecular weight excluding hydrogens is 362 g/mol. The van der Waals surface area contributed by atoms with E-state index >= 15 is 0 Å². The summed E-state index contributed by atoms with van der Waals surface area (Å²) in [5.74, 6) is 0.653. The highest BCUT2D eigenvalue weighted by Crippen LogP contribution is 2.32. The van der Waals surface area contributed by atoms with E-state index in [2.05, 4.69) is 40.4 Å². The Labute approximate surface area is 173 Å². The van der Waals surface area contributed by atoms with Crippen molar-refractivity contribution in [3.63, 3.8) is 0 Å². The van der Waals surface area contributed by atoms with Crippen LogP contribution in [0.2, 0.25) is 0 Å². The number of carbonyl (C=O) groups excluding carboxylic acids is 1. The van der Waals surface area contributed by atoms with E-state index < -0.39 is 0 Å². The Morgan fingerprint density at radius 3 is 2.72 bits per heavy atom. The minimum absolute atomic E-state index is 0.0493. The number of nitrogens with zero attached hydrogens (tertiary/aromatic N) is 2. The topological polar surface area (TPSA) is 44.8 Å². The van der Waals surface area contributed by atoms with Crippen molar-refractivity contribution in [3.05, 3.63) is 59.2 Å². The van der Waals surface area contributed by atoms with Crippen LogP contribution < -0.4 is 15.0 Å². The molecule has 2 aromatic rings. The number of carbonyl (C=O) groups is 1. The van der Waals surface area contributed by atoms with Gasteiger partial charge in [0.25, 0.3) is 5.91 Å². The van der Waals surface area contributed by atoms with E-state index in [0.717, 1.165) is 26.1 Å². The maximum Gasteiger partial charge on any atom is 0.251 e. The first-order valence-corrected chi connectivity index (χ1v) is 10.7. The molecule has 4 rings (SSSR count). The second-order valence-corrected chi connectivity index (χ2v) is 8.11. The van der Waals surface area contributed by atoms with Gasteiger partial charge in [-0.05, 0) is 67.7 Å². The number of hydrogen-bond acceptors (Lipinski definition) is 4. The highest BCUT2D eigenvalue weighted by molar-refractivity contribution is 5.94. The third kappa shape index (κ3) is 4.40. The fourth-order valence-corrected chi connectivity index (χ4v) is 4.54. The fraction of sp³-hybridized carbons (Fsp3) is 0.458. The minimum Gasteiger partial charge on any atom is -0.497 e. The van der Waals surface area contributed by atoms with Crippen LogP contribution in [0.25, 0.3) is 0 Å². The van der Waals surface area contributed by atoms with Crippen LogP contribution in [0.4, 0.5) is 5.69 Å². The van der Waals surface area contributed by atoms with Gasteiger partial charge in [0.05, 0.1) is 13.2 Å². The number of nitrogens with one attached hydrogen (secondary N) is 1. The summed E-state index contributed by atoms with van der Waals surface area (Å²) in [6.07, 6.45) is 4.86. The van der Waals surface area contributed by atoms with Crippen LogP contribution in [-0.4, -0.2) is 51.1 Å². The molecule has 5 nitrogen and oxygen atoms in total. The summed E-state index contributed by atoms with van der Waals surface area (Å²) < 4.78 is 5.25. The van der Waals surface area contributed by atoms with E-state index in [4.69, 9.17) is 4.74 Å². The Balaban J connectivity index is 1.52. The lowest BCUT2D eigenvalue weighted by Crippen LogP contribution is -2.40. The summed E-state index contributed by atoms with van der Waals surface area (Å²) in [5.41, 5.74) is 4.71. The number of piperidine rings is 1. The van der Waals surface area contributed by atoms with Gasteiger partial charge >= 0.3 is 0 Å². The van der Waals surface area contributed by atoms with Crippen LogP contribution >= 0.6 is 0 Å². The first-order chi connectivity index (χ1) is 14.2. The van der Waals surface area contributed by atoms with E-state index in [9.17, 15) is 4.79 Å². The Bertz CT molecular complexity index is 861. The van der Waals surface area contributed by atoms with Crippen LogP contribution in [0.3, 0.4) is 0 Å². The maximum absolute atomic E-state index is 12.8. The van der Waals surface area contributed by atoms with E-state index in [1.54, 1.807) is 13.2 Å². The molecule has 2 aliphatic heterocycles. The Kier molecular flexibility index (Phi) is 6.05. The van der Waals surface area contributed by atoms with Crippen LogP contribution in [0.1, 0.15) is 46.8 Å². The molecule has 0 unspecified atom stereocenters. The summed E-state index contributed by atoms with van der Waals surface area (Å²) in [7, 11) is 3.77. The highest BCUT2D eigenvalue weighted by atomic mass is 16.5. The van der Waals surface area contributed by atoms with E-state index in [0.29, 0.717) is 17.9 Å². The van der Waals surface area contributed by atoms with Gasteiger partial charge in [-0.3, -0.25) is 9.69 Å². The number of hydrogen-bond donors (Lipinski definition) is 1. The predicted molar refractivity (Wildman–Crippen MR) is 117 cm³/mol. The molecule has 0 spiro atoms. The molecule has 1 fully saturated rings. The smallest absolute Gasteiger partial charge is 0.251 e. The number of likely N-dealkylation sites (N-methyl/N-ethyl adjacent to an activating group) is 1. The molecule has 2 aliphatic rings. The molecular formula is C24H31N3O2. The van der Waals surface area contributed by atoms with Gasteiger partial charge in [-0.25, -0.2) is 0 Å². The van der Waals surface area contributed by atoms with Crippen LogP contribution in [0.15, 0.2) is 42.5 Å². The first kappa shape index (κ1) is 19.8. The molecule has 154 valence electrons. The van der Waals surface area contributed by atoms with Crippen molar-refractivity contribution in [1.82, 2.24) is 10.2 Å². The van der Waals surface area contributed by atoms with Gasteiger partial charge in [0, 0.05) is 31.4 Å². The number of methoxy groups -OCH3 is 1. The average Bonchev–Trinajstić information content (AvgIpc) is 3.14. The zero-order chi connectivity index (χ0) is 20.2. The minimum atomic E-state index is -0.0493. The van der Waals surface area contributed by atoms with E-state index in [1.807, 2.05) is 18.2 Å². The van der Waals surface area contributed by atoms with Crippen molar-refractivity contribution in [2.24, 2.45) is 0 Å². The third-order valence-electron chi connectivity index (χ3n) is 6.24. The Morgan fingerprint density at radius 2 is 1.93 bits per heavy atom. The lowest BCUT2D eigenvalue weighted by atomic mass is 9.98. The summed E-state index contributed by atoms with van der Waals surface area (Å²) in [6, 6.07) is 14.4. The van der Waals surface area contributed by atoms with Crippen molar-refractivity contribution >= 4 is 11.6 Å². The fourth-order valence-electron chi connectivity index (χ4n) is 4.54. The molecule has 0 aromatic heterocycles. The van der Waals surface area contributed by atoms with Crippen molar-refractivity contribution in [1.29, 1.82) is 0 Å². The lowest BCUT2D eigenvalue weighted by Gasteiger charge is -2.35. The number of benzene rings is 2. The summed E-state index contributed by atoms with van der Waals surface area (Å²) in [5, 5.41) is 3.18. The molecule has 0 radical (unpaired) electrons. The van der Waals surface area contributed by atoms with Crippen LogP contribution in [-0.2, 0) is 6.42 Å². The average molecular weight is 394 g/mol. The van der Waals surface area contributed by atoms with Gasteiger partial charge in [-0.2, -0.15) is 0 Å². The maximum atomic E-state index is 12.8. The Morgan fingerprint density at radius 1 is 1.10 bits per heavy atom. The van der Waals surface area contributed by atoms with Crippen LogP contribution in [0.5, 0.6) is 5.75 Å². The largest absolute Gasteiger partial charge is 0.497 e. The van der Waals surface area contributed by atoms with Gasteiger partial charge in [-0.15, -0.1) is 0 Å². The molecule has 1 atom stereocenters. The Hall–Kier alpha value is -2.53. The third-order valence-corrected chi connectivity index (χ3v) is 6.24. The molecule has 29 heavy (non-hydrogen) atoms. The number of rotatable bonds is 6. The molecule has 0 aliphatic carbocycles. The van der Waals surface area contributed by atoms with E-state index in [-0.39, 0.29) is 11.9 Å². The van der Waals surface area contributed by atoms with E-state index in [1.165, 1.54) is 36.1 Å². The van der Waals surface area contributed by atoms with Crippen molar-refractivity contribution in [2.45, 2.75) is 31.7 Å². The SMILES string of the molecule is COc1cccc(C(=O)NC[C@H](c2ccc3c(c2)CCN3C)N2CCCCC2)c1. The highest BCUT2D eigenvalue weighted by Gasteiger charge is 2.25. The number of likely N-dealkylation sites (tertiary alicyclic amines) is 1. The monoisotopic (exact) mass is 393 g/mol. The molecule has 2 aromatic carbocycles. The predicted octanol–water partition coefficient (Wildman–Crippen LogP) is 3.64.